The highest BCUT2D eigenvalue weighted by Gasteiger charge is 2.25. The molecule has 1 unspecified atom stereocenters. The number of anilines is 1. The van der Waals surface area contributed by atoms with Crippen LogP contribution in [0.3, 0.4) is 0 Å². The third kappa shape index (κ3) is 3.70. The molecule has 0 bridgehead atoms. The number of nitrogens with zero attached hydrogens (tertiary/aromatic N) is 4. The molecule has 7 nitrogen and oxygen atoms in total. The second-order valence-electron chi connectivity index (χ2n) is 7.82. The summed E-state index contributed by atoms with van der Waals surface area (Å²) in [6.07, 6.45) is 1.23. The molecule has 0 fully saturated rings. The lowest BCUT2D eigenvalue weighted by Gasteiger charge is -2.18. The predicted octanol–water partition coefficient (Wildman–Crippen LogP) is 4.35. The van der Waals surface area contributed by atoms with Gasteiger partial charge in [0.05, 0.1) is 22.5 Å². The summed E-state index contributed by atoms with van der Waals surface area (Å²) in [7, 11) is 0. The molecule has 0 radical (unpaired) electrons. The molecule has 1 atom stereocenters. The third-order valence-corrected chi connectivity index (χ3v) is 5.79. The number of carbonyl (C=O) groups excluding carboxylic acids is 1. The van der Waals surface area contributed by atoms with Crippen molar-refractivity contribution in [2.45, 2.75) is 46.6 Å². The van der Waals surface area contributed by atoms with Crippen molar-refractivity contribution in [3.8, 4) is 5.69 Å². The Bertz CT molecular complexity index is 1340. The van der Waals surface area contributed by atoms with E-state index in [0.717, 1.165) is 34.4 Å². The molecule has 0 saturated carbocycles. The Labute approximate surface area is 186 Å². The lowest BCUT2D eigenvalue weighted by molar-refractivity contribution is -0.119. The maximum Gasteiger partial charge on any atom is 0.295 e. The van der Waals surface area contributed by atoms with Crippen LogP contribution in [-0.2, 0) is 11.2 Å². The lowest BCUT2D eigenvalue weighted by atomic mass is 10.1. The maximum absolute atomic E-state index is 13.4. The van der Waals surface area contributed by atoms with E-state index in [2.05, 4.69) is 15.5 Å². The lowest BCUT2D eigenvalue weighted by Crippen LogP contribution is -2.35. The molecule has 1 N–H and O–H groups in total. The van der Waals surface area contributed by atoms with E-state index in [1.54, 1.807) is 4.68 Å². The highest BCUT2D eigenvalue weighted by Crippen LogP contribution is 2.23. The highest BCUT2D eigenvalue weighted by molar-refractivity contribution is 5.94. The van der Waals surface area contributed by atoms with E-state index in [9.17, 15) is 9.59 Å². The van der Waals surface area contributed by atoms with Gasteiger partial charge in [0.25, 0.3) is 5.56 Å². The second-order valence-corrected chi connectivity index (χ2v) is 7.82. The summed E-state index contributed by atoms with van der Waals surface area (Å²) in [5.41, 5.74) is 4.13. The second kappa shape index (κ2) is 8.78. The van der Waals surface area contributed by atoms with Crippen LogP contribution in [0.15, 0.2) is 59.4 Å². The standard InChI is InChI=1S/C25H27N5O2/c1-5-18-12-10-11-15-20(18)26-24(31)21(6-2)30-25(32)23-22(16(3)27-30)17(4)29(28-23)19-13-8-7-9-14-19/h7-15,21H,5-6H2,1-4H3,(H,26,31). The molecular weight excluding hydrogens is 402 g/mol. The molecule has 4 rings (SSSR count). The average Bonchev–Trinajstić information content (AvgIpc) is 3.16. The first-order valence-corrected chi connectivity index (χ1v) is 10.9. The SMILES string of the molecule is CCc1ccccc1NC(=O)C(CC)n1nc(C)c2c(C)n(-c3ccccc3)nc2c1=O. The number of benzene rings is 2. The van der Waals surface area contributed by atoms with Gasteiger partial charge in [-0.2, -0.15) is 10.2 Å². The summed E-state index contributed by atoms with van der Waals surface area (Å²) < 4.78 is 3.03. The van der Waals surface area contributed by atoms with Gasteiger partial charge in [-0.25, -0.2) is 9.36 Å². The molecule has 2 heterocycles. The summed E-state index contributed by atoms with van der Waals surface area (Å²) in [6, 6.07) is 16.6. The number of para-hydroxylation sites is 2. The zero-order valence-corrected chi connectivity index (χ0v) is 18.8. The van der Waals surface area contributed by atoms with E-state index in [-0.39, 0.29) is 11.5 Å². The smallest absolute Gasteiger partial charge is 0.295 e. The Morgan fingerprint density at radius 3 is 2.38 bits per heavy atom. The van der Waals surface area contributed by atoms with Crippen LogP contribution in [0, 0.1) is 13.8 Å². The van der Waals surface area contributed by atoms with Crippen LogP contribution in [0.4, 0.5) is 5.69 Å². The van der Waals surface area contributed by atoms with Gasteiger partial charge in [-0.1, -0.05) is 50.2 Å². The summed E-state index contributed by atoms with van der Waals surface area (Å²) in [5.74, 6) is -0.263. The van der Waals surface area contributed by atoms with Crippen molar-refractivity contribution in [3.05, 3.63) is 81.9 Å². The van der Waals surface area contributed by atoms with Gasteiger partial charge >= 0.3 is 0 Å². The van der Waals surface area contributed by atoms with E-state index >= 15 is 0 Å². The fourth-order valence-electron chi connectivity index (χ4n) is 4.12. The minimum atomic E-state index is -0.738. The first kappa shape index (κ1) is 21.5. The summed E-state index contributed by atoms with van der Waals surface area (Å²) in [5, 5.41) is 12.8. The Balaban J connectivity index is 1.78. The van der Waals surface area contributed by atoms with Crippen molar-refractivity contribution in [3.63, 3.8) is 0 Å². The first-order valence-electron chi connectivity index (χ1n) is 10.9. The minimum absolute atomic E-state index is 0.263. The van der Waals surface area contributed by atoms with Crippen molar-refractivity contribution in [2.75, 3.05) is 5.32 Å². The monoisotopic (exact) mass is 429 g/mol. The Morgan fingerprint density at radius 2 is 1.69 bits per heavy atom. The molecule has 0 saturated heterocycles. The number of amides is 1. The molecule has 0 aliphatic heterocycles. The number of hydrogen-bond acceptors (Lipinski definition) is 4. The molecule has 164 valence electrons. The zero-order valence-electron chi connectivity index (χ0n) is 18.8. The summed E-state index contributed by atoms with van der Waals surface area (Å²) >= 11 is 0. The van der Waals surface area contributed by atoms with E-state index in [1.165, 1.54) is 4.68 Å². The van der Waals surface area contributed by atoms with Crippen LogP contribution in [0.5, 0.6) is 0 Å². The maximum atomic E-state index is 13.4. The molecule has 0 aliphatic rings. The molecule has 7 heteroatoms. The number of nitrogens with one attached hydrogen (secondary N) is 1. The largest absolute Gasteiger partial charge is 0.324 e. The Hall–Kier alpha value is -3.74. The fourth-order valence-corrected chi connectivity index (χ4v) is 4.12. The molecule has 4 aromatic rings. The number of fused-ring (bicyclic) bond motifs is 1. The van der Waals surface area contributed by atoms with Crippen LogP contribution < -0.4 is 10.9 Å². The first-order chi connectivity index (χ1) is 15.5. The van der Waals surface area contributed by atoms with Gasteiger partial charge in [-0.3, -0.25) is 9.59 Å². The highest BCUT2D eigenvalue weighted by atomic mass is 16.2. The van der Waals surface area contributed by atoms with E-state index < -0.39 is 6.04 Å². The van der Waals surface area contributed by atoms with Crippen molar-refractivity contribution >= 4 is 22.5 Å². The average molecular weight is 430 g/mol. The normalized spacial score (nSPS) is 12.1. The number of aromatic nitrogens is 4. The van der Waals surface area contributed by atoms with Crippen LogP contribution in [-0.4, -0.2) is 25.5 Å². The predicted molar refractivity (Wildman–Crippen MR) is 126 cm³/mol. The Kier molecular flexibility index (Phi) is 5.90. The summed E-state index contributed by atoms with van der Waals surface area (Å²) in [6.45, 7) is 7.68. The summed E-state index contributed by atoms with van der Waals surface area (Å²) in [4.78, 5) is 26.6. The van der Waals surface area contributed by atoms with E-state index in [0.29, 0.717) is 17.6 Å². The van der Waals surface area contributed by atoms with Gasteiger partial charge in [-0.15, -0.1) is 0 Å². The van der Waals surface area contributed by atoms with Gasteiger partial charge in [0.1, 0.15) is 6.04 Å². The van der Waals surface area contributed by atoms with Crippen LogP contribution in [0.25, 0.3) is 16.6 Å². The minimum Gasteiger partial charge on any atom is -0.324 e. The molecule has 2 aromatic carbocycles. The van der Waals surface area contributed by atoms with Crippen molar-refractivity contribution in [1.82, 2.24) is 19.6 Å². The quantitative estimate of drug-likeness (QED) is 0.494. The third-order valence-electron chi connectivity index (χ3n) is 5.79. The fraction of sp³-hybridized carbons (Fsp3) is 0.280. The number of hydrogen-bond donors (Lipinski definition) is 1. The number of carbonyl (C=O) groups is 1. The topological polar surface area (TPSA) is 81.8 Å². The van der Waals surface area contributed by atoms with E-state index in [4.69, 9.17) is 0 Å². The van der Waals surface area contributed by atoms with Gasteiger partial charge < -0.3 is 5.32 Å². The van der Waals surface area contributed by atoms with Crippen LogP contribution in [0.1, 0.15) is 43.3 Å². The molecular formula is C25H27N5O2. The van der Waals surface area contributed by atoms with Gasteiger partial charge in [0.15, 0.2) is 5.52 Å². The van der Waals surface area contributed by atoms with Crippen molar-refractivity contribution in [1.29, 1.82) is 0 Å². The van der Waals surface area contributed by atoms with Crippen LogP contribution >= 0.6 is 0 Å². The molecule has 2 aromatic heterocycles. The molecule has 1 amide bonds. The van der Waals surface area contributed by atoms with Gasteiger partial charge in [0, 0.05) is 5.69 Å². The number of aryl methyl sites for hydroxylation is 3. The van der Waals surface area contributed by atoms with Gasteiger partial charge in [-0.05, 0) is 50.5 Å². The molecule has 0 spiro atoms. The zero-order chi connectivity index (χ0) is 22.8. The molecule has 32 heavy (non-hydrogen) atoms. The Morgan fingerprint density at radius 1 is 1.00 bits per heavy atom. The van der Waals surface area contributed by atoms with Crippen LogP contribution in [0.2, 0.25) is 0 Å². The molecule has 0 aliphatic carbocycles. The van der Waals surface area contributed by atoms with Gasteiger partial charge in [0.2, 0.25) is 5.91 Å². The van der Waals surface area contributed by atoms with Crippen molar-refractivity contribution in [2.24, 2.45) is 0 Å². The van der Waals surface area contributed by atoms with Crippen molar-refractivity contribution < 1.29 is 4.79 Å². The number of rotatable bonds is 6. The van der Waals surface area contributed by atoms with E-state index in [1.807, 2.05) is 82.3 Å².